The summed E-state index contributed by atoms with van der Waals surface area (Å²) in [6.45, 7) is 1.67. The molecule has 1 unspecified atom stereocenters. The second kappa shape index (κ2) is 7.85. The van der Waals surface area contributed by atoms with Gasteiger partial charge in [0.15, 0.2) is 0 Å². The van der Waals surface area contributed by atoms with Crippen LogP contribution in [0.3, 0.4) is 0 Å². The van der Waals surface area contributed by atoms with E-state index < -0.39 is 16.1 Å². The number of rotatable bonds is 4. The van der Waals surface area contributed by atoms with Gasteiger partial charge in [0, 0.05) is 26.7 Å². The molecule has 1 aromatic rings. The fourth-order valence-corrected chi connectivity index (χ4v) is 5.36. The van der Waals surface area contributed by atoms with Gasteiger partial charge in [-0.3, -0.25) is 4.79 Å². The Balaban J connectivity index is 1.78. The van der Waals surface area contributed by atoms with Crippen molar-refractivity contribution in [2.24, 2.45) is 0 Å². The molecule has 6 nitrogen and oxygen atoms in total. The molecule has 0 bridgehead atoms. The number of nitrogens with zero attached hydrogens (tertiary/aromatic N) is 2. The molecule has 0 aliphatic carbocycles. The Morgan fingerprint density at radius 2 is 1.72 bits per heavy atom. The number of methoxy groups -OCH3 is 1. The summed E-state index contributed by atoms with van der Waals surface area (Å²) in [7, 11) is -1.96. The summed E-state index contributed by atoms with van der Waals surface area (Å²) in [6, 6.07) is 7.81. The average Bonchev–Trinajstić information content (AvgIpc) is 2.68. The number of carbonyl (C=O) groups is 1. The van der Waals surface area contributed by atoms with Crippen LogP contribution >= 0.6 is 0 Å². The second-order valence-corrected chi connectivity index (χ2v) is 8.59. The van der Waals surface area contributed by atoms with E-state index in [0.717, 1.165) is 25.7 Å². The first kappa shape index (κ1) is 18.4. The number of carbonyl (C=O) groups excluding carboxylic acids is 1. The van der Waals surface area contributed by atoms with Gasteiger partial charge < -0.3 is 9.64 Å². The molecule has 0 aromatic heterocycles. The Labute approximate surface area is 149 Å². The number of benzene rings is 1. The second-order valence-electron chi connectivity index (χ2n) is 6.70. The minimum atomic E-state index is -3.65. The van der Waals surface area contributed by atoms with Crippen molar-refractivity contribution in [3.63, 3.8) is 0 Å². The van der Waals surface area contributed by atoms with Gasteiger partial charge in [0.25, 0.3) is 0 Å². The van der Waals surface area contributed by atoms with Crippen molar-refractivity contribution in [2.45, 2.75) is 49.1 Å². The zero-order valence-corrected chi connectivity index (χ0v) is 15.5. The fourth-order valence-electron chi connectivity index (χ4n) is 3.69. The van der Waals surface area contributed by atoms with E-state index in [1.165, 1.54) is 4.31 Å². The summed E-state index contributed by atoms with van der Waals surface area (Å²) >= 11 is 0. The van der Waals surface area contributed by atoms with Crippen LogP contribution in [0, 0.1) is 0 Å². The fraction of sp³-hybridized carbons (Fsp3) is 0.611. The molecule has 0 radical (unpaired) electrons. The van der Waals surface area contributed by atoms with Gasteiger partial charge in [-0.25, -0.2) is 8.42 Å². The molecule has 1 amide bonds. The van der Waals surface area contributed by atoms with E-state index in [9.17, 15) is 13.2 Å². The third kappa shape index (κ3) is 3.88. The van der Waals surface area contributed by atoms with Crippen LogP contribution in [0.15, 0.2) is 35.2 Å². The lowest BCUT2D eigenvalue weighted by atomic mass is 10.0. The van der Waals surface area contributed by atoms with Crippen LogP contribution in [0.25, 0.3) is 0 Å². The predicted molar refractivity (Wildman–Crippen MR) is 94.6 cm³/mol. The average molecular weight is 366 g/mol. The number of hydrogen-bond donors (Lipinski definition) is 0. The van der Waals surface area contributed by atoms with Crippen molar-refractivity contribution in [1.82, 2.24) is 9.21 Å². The number of sulfonamides is 1. The Hall–Kier alpha value is -1.44. The zero-order valence-electron chi connectivity index (χ0n) is 14.6. The molecular weight excluding hydrogens is 340 g/mol. The van der Waals surface area contributed by atoms with E-state index in [4.69, 9.17) is 4.74 Å². The highest BCUT2D eigenvalue weighted by Crippen LogP contribution is 2.27. The predicted octanol–water partition coefficient (Wildman–Crippen LogP) is 1.87. The molecule has 3 rings (SSSR count). The van der Waals surface area contributed by atoms with E-state index in [2.05, 4.69) is 0 Å². The molecule has 2 heterocycles. The highest BCUT2D eigenvalue weighted by Gasteiger charge is 2.40. The summed E-state index contributed by atoms with van der Waals surface area (Å²) in [5.74, 6) is -0.0613. The van der Waals surface area contributed by atoms with Crippen LogP contribution in [-0.4, -0.2) is 62.4 Å². The quantitative estimate of drug-likeness (QED) is 0.816. The molecule has 25 heavy (non-hydrogen) atoms. The summed E-state index contributed by atoms with van der Waals surface area (Å²) in [5.41, 5.74) is 0. The number of amides is 1. The minimum absolute atomic E-state index is 0.0613. The Kier molecular flexibility index (Phi) is 5.76. The van der Waals surface area contributed by atoms with Gasteiger partial charge in [-0.15, -0.1) is 0 Å². The Morgan fingerprint density at radius 1 is 1.04 bits per heavy atom. The smallest absolute Gasteiger partial charge is 0.243 e. The van der Waals surface area contributed by atoms with Crippen molar-refractivity contribution in [3.8, 4) is 0 Å². The number of ether oxygens (including phenoxy) is 1. The van der Waals surface area contributed by atoms with E-state index in [1.807, 2.05) is 0 Å². The molecule has 0 N–H and O–H groups in total. The minimum Gasteiger partial charge on any atom is -0.381 e. The molecule has 1 aromatic carbocycles. The molecule has 2 aliphatic rings. The van der Waals surface area contributed by atoms with Crippen LogP contribution in [0.2, 0.25) is 0 Å². The Morgan fingerprint density at radius 3 is 2.36 bits per heavy atom. The molecule has 0 spiro atoms. The molecular formula is C18H26N2O4S. The van der Waals surface area contributed by atoms with Crippen LogP contribution < -0.4 is 0 Å². The molecule has 0 saturated carbocycles. The van der Waals surface area contributed by atoms with Crippen LogP contribution in [0.4, 0.5) is 0 Å². The van der Waals surface area contributed by atoms with Gasteiger partial charge in [0.05, 0.1) is 11.0 Å². The van der Waals surface area contributed by atoms with Crippen LogP contribution in [0.5, 0.6) is 0 Å². The molecule has 2 fully saturated rings. The topological polar surface area (TPSA) is 66.9 Å². The molecule has 138 valence electrons. The maximum absolute atomic E-state index is 13.0. The first-order valence-corrected chi connectivity index (χ1v) is 10.4. The number of likely N-dealkylation sites (tertiary alicyclic amines) is 1. The Bertz CT molecular complexity index is 684. The van der Waals surface area contributed by atoms with Crippen molar-refractivity contribution in [3.05, 3.63) is 30.3 Å². The summed E-state index contributed by atoms with van der Waals surface area (Å²) in [5, 5.41) is 0. The van der Waals surface area contributed by atoms with Crippen molar-refractivity contribution >= 4 is 15.9 Å². The lowest BCUT2D eigenvalue weighted by Crippen LogP contribution is -2.54. The summed E-state index contributed by atoms with van der Waals surface area (Å²) in [4.78, 5) is 15.1. The maximum Gasteiger partial charge on any atom is 0.243 e. The maximum atomic E-state index is 13.0. The van der Waals surface area contributed by atoms with Gasteiger partial charge in [-0.05, 0) is 37.8 Å². The normalized spacial score (nSPS) is 23.6. The lowest BCUT2D eigenvalue weighted by Gasteiger charge is -2.39. The largest absolute Gasteiger partial charge is 0.381 e. The standard InChI is InChI=1S/C18H26N2O4S/c1-24-15-10-13-19(14-11-15)18(21)17-9-5-6-12-20(17)25(22,23)16-7-3-2-4-8-16/h2-4,7-8,15,17H,5-6,9-14H2,1H3. The van der Waals surface area contributed by atoms with Crippen molar-refractivity contribution in [2.75, 3.05) is 26.7 Å². The van der Waals surface area contributed by atoms with Crippen molar-refractivity contribution < 1.29 is 17.9 Å². The van der Waals surface area contributed by atoms with Gasteiger partial charge in [-0.2, -0.15) is 4.31 Å². The molecule has 7 heteroatoms. The summed E-state index contributed by atoms with van der Waals surface area (Å²) < 4.78 is 32.8. The zero-order chi connectivity index (χ0) is 17.9. The van der Waals surface area contributed by atoms with Crippen LogP contribution in [-0.2, 0) is 19.6 Å². The van der Waals surface area contributed by atoms with Crippen molar-refractivity contribution in [1.29, 1.82) is 0 Å². The number of piperidine rings is 2. The number of hydrogen-bond acceptors (Lipinski definition) is 4. The third-order valence-corrected chi connectivity index (χ3v) is 7.10. The third-order valence-electron chi connectivity index (χ3n) is 5.18. The highest BCUT2D eigenvalue weighted by atomic mass is 32.2. The van der Waals surface area contributed by atoms with E-state index >= 15 is 0 Å². The first-order valence-electron chi connectivity index (χ1n) is 8.92. The highest BCUT2D eigenvalue weighted by molar-refractivity contribution is 7.89. The summed E-state index contributed by atoms with van der Waals surface area (Å²) in [6.07, 6.45) is 4.07. The van der Waals surface area contributed by atoms with Gasteiger partial charge in [0.1, 0.15) is 6.04 Å². The van der Waals surface area contributed by atoms with Crippen LogP contribution in [0.1, 0.15) is 32.1 Å². The van der Waals surface area contributed by atoms with Gasteiger partial charge >= 0.3 is 0 Å². The van der Waals surface area contributed by atoms with E-state index in [0.29, 0.717) is 26.1 Å². The van der Waals surface area contributed by atoms with E-state index in [-0.39, 0.29) is 16.9 Å². The molecule has 2 saturated heterocycles. The first-order chi connectivity index (χ1) is 12.0. The van der Waals surface area contributed by atoms with E-state index in [1.54, 1.807) is 42.3 Å². The lowest BCUT2D eigenvalue weighted by molar-refractivity contribution is -0.138. The van der Waals surface area contributed by atoms with Gasteiger partial charge in [-0.1, -0.05) is 24.6 Å². The monoisotopic (exact) mass is 366 g/mol. The molecule has 1 atom stereocenters. The molecule has 2 aliphatic heterocycles. The van der Waals surface area contributed by atoms with Gasteiger partial charge in [0.2, 0.25) is 15.9 Å². The SMILES string of the molecule is COC1CCN(C(=O)C2CCCCN2S(=O)(=O)c2ccccc2)CC1.